The van der Waals surface area contributed by atoms with Gasteiger partial charge in [-0.25, -0.2) is 9.36 Å². The molecule has 3 heterocycles. The second kappa shape index (κ2) is 6.22. The first-order valence-corrected chi connectivity index (χ1v) is 7.22. The van der Waals surface area contributed by atoms with Crippen LogP contribution in [-0.2, 0) is 29.2 Å². The fourth-order valence-corrected chi connectivity index (χ4v) is 2.55. The average Bonchev–Trinajstić information content (AvgIpc) is 3.00. The lowest BCUT2D eigenvalue weighted by Crippen LogP contribution is -2.33. The van der Waals surface area contributed by atoms with E-state index < -0.39 is 0 Å². The summed E-state index contributed by atoms with van der Waals surface area (Å²) in [6.07, 6.45) is 2.56. The molecule has 22 heavy (non-hydrogen) atoms. The topological polar surface area (TPSA) is 91.0 Å². The van der Waals surface area contributed by atoms with Crippen LogP contribution in [0.25, 0.3) is 0 Å². The zero-order chi connectivity index (χ0) is 15.5. The normalized spacial score (nSPS) is 14.7. The van der Waals surface area contributed by atoms with E-state index in [-0.39, 0.29) is 12.5 Å². The number of hydrogen-bond donors (Lipinski definition) is 0. The van der Waals surface area contributed by atoms with Crippen molar-refractivity contribution in [2.24, 2.45) is 0 Å². The number of rotatable bonds is 4. The van der Waals surface area contributed by atoms with Gasteiger partial charge in [0.05, 0.1) is 30.7 Å². The maximum absolute atomic E-state index is 12.1. The third-order valence-corrected chi connectivity index (χ3v) is 3.79. The van der Waals surface area contributed by atoms with E-state index >= 15 is 0 Å². The maximum Gasteiger partial charge on any atom is 0.248 e. The number of carbonyl (C=O) groups excluding carboxylic acids is 1. The van der Waals surface area contributed by atoms with E-state index in [1.165, 1.54) is 7.11 Å². The van der Waals surface area contributed by atoms with Crippen LogP contribution in [0.4, 0.5) is 0 Å². The molecule has 118 valence electrons. The molecule has 0 N–H and O–H groups in total. The lowest BCUT2D eigenvalue weighted by molar-refractivity contribution is -0.135. The molecule has 0 atom stereocenters. The second-order valence-corrected chi connectivity index (χ2v) is 5.34. The highest BCUT2D eigenvalue weighted by Gasteiger charge is 2.23. The zero-order valence-electron chi connectivity index (χ0n) is 12.8. The summed E-state index contributed by atoms with van der Waals surface area (Å²) >= 11 is 0. The van der Waals surface area contributed by atoms with E-state index in [0.717, 1.165) is 30.0 Å². The fraction of sp³-hybridized carbons (Fsp3) is 0.615. The molecule has 2 aromatic rings. The summed E-state index contributed by atoms with van der Waals surface area (Å²) in [6, 6.07) is 0. The summed E-state index contributed by atoms with van der Waals surface area (Å²) in [4.78, 5) is 13.9. The summed E-state index contributed by atoms with van der Waals surface area (Å²) in [6.45, 7) is 4.50. The first kappa shape index (κ1) is 14.6. The van der Waals surface area contributed by atoms with Crippen molar-refractivity contribution >= 4 is 5.91 Å². The number of amides is 1. The lowest BCUT2D eigenvalue weighted by Gasteiger charge is -2.19. The van der Waals surface area contributed by atoms with Crippen molar-refractivity contribution in [2.45, 2.75) is 33.0 Å². The van der Waals surface area contributed by atoms with Crippen LogP contribution in [-0.4, -0.2) is 61.1 Å². The number of aryl methyl sites for hydroxylation is 2. The van der Waals surface area contributed by atoms with Crippen molar-refractivity contribution in [1.29, 1.82) is 0 Å². The molecular formula is C13H19N7O2. The van der Waals surface area contributed by atoms with Crippen molar-refractivity contribution in [3.05, 3.63) is 23.3 Å². The Morgan fingerprint density at radius 2 is 2.23 bits per heavy atom. The number of aromatic nitrogens is 6. The number of ether oxygens (including phenoxy) is 1. The lowest BCUT2D eigenvalue weighted by atomic mass is 10.3. The van der Waals surface area contributed by atoms with E-state index in [2.05, 4.69) is 20.6 Å². The minimum absolute atomic E-state index is 0.0139. The van der Waals surface area contributed by atoms with Crippen LogP contribution in [0.2, 0.25) is 0 Å². The Bertz CT molecular complexity index is 663. The van der Waals surface area contributed by atoms with Gasteiger partial charge >= 0.3 is 0 Å². The molecule has 0 spiro atoms. The predicted octanol–water partition coefficient (Wildman–Crippen LogP) is -0.395. The van der Waals surface area contributed by atoms with Gasteiger partial charge in [-0.3, -0.25) is 4.79 Å². The van der Waals surface area contributed by atoms with E-state index in [9.17, 15) is 4.79 Å². The highest BCUT2D eigenvalue weighted by molar-refractivity contribution is 5.77. The summed E-state index contributed by atoms with van der Waals surface area (Å²) < 4.78 is 8.60. The summed E-state index contributed by atoms with van der Waals surface area (Å²) in [5.74, 6) is -0.0139. The van der Waals surface area contributed by atoms with Gasteiger partial charge in [-0.15, -0.1) is 10.2 Å². The third kappa shape index (κ3) is 2.84. The SMILES string of the molecule is COCC(=O)N1CCCn2nnc(Cn3nncc3C)c2C1. The highest BCUT2D eigenvalue weighted by atomic mass is 16.5. The van der Waals surface area contributed by atoms with Crippen LogP contribution in [0.3, 0.4) is 0 Å². The molecule has 0 radical (unpaired) electrons. The maximum atomic E-state index is 12.1. The van der Waals surface area contributed by atoms with E-state index in [4.69, 9.17) is 4.74 Å². The standard InChI is InChI=1S/C13H19N7O2/c1-10-6-14-16-20(10)7-11-12-8-18(13(21)9-22-2)4-3-5-19(12)17-15-11/h6H,3-5,7-9H2,1-2H3. The number of fused-ring (bicyclic) bond motifs is 1. The number of methoxy groups -OCH3 is 1. The molecule has 0 saturated carbocycles. The first-order valence-electron chi connectivity index (χ1n) is 7.22. The smallest absolute Gasteiger partial charge is 0.248 e. The molecule has 3 rings (SSSR count). The summed E-state index contributed by atoms with van der Waals surface area (Å²) in [5, 5.41) is 16.4. The fourth-order valence-electron chi connectivity index (χ4n) is 2.55. The molecular weight excluding hydrogens is 286 g/mol. The third-order valence-electron chi connectivity index (χ3n) is 3.79. The van der Waals surface area contributed by atoms with Crippen LogP contribution >= 0.6 is 0 Å². The van der Waals surface area contributed by atoms with Crippen LogP contribution in [0.1, 0.15) is 23.5 Å². The molecule has 1 amide bonds. The van der Waals surface area contributed by atoms with Gasteiger partial charge in [0.2, 0.25) is 5.91 Å². The van der Waals surface area contributed by atoms with Gasteiger partial charge in [-0.1, -0.05) is 10.4 Å². The van der Waals surface area contributed by atoms with Gasteiger partial charge in [0.15, 0.2) is 0 Å². The van der Waals surface area contributed by atoms with Crippen LogP contribution in [0.15, 0.2) is 6.20 Å². The molecule has 0 saturated heterocycles. The number of nitrogens with zero attached hydrogens (tertiary/aromatic N) is 7. The Hall–Kier alpha value is -2.29. The van der Waals surface area contributed by atoms with Gasteiger partial charge in [-0.05, 0) is 13.3 Å². The molecule has 0 aliphatic carbocycles. The molecule has 0 bridgehead atoms. The Morgan fingerprint density at radius 3 is 2.95 bits per heavy atom. The molecule has 0 fully saturated rings. The van der Waals surface area contributed by atoms with Crippen molar-refractivity contribution in [1.82, 2.24) is 34.9 Å². The molecule has 1 aliphatic heterocycles. The van der Waals surface area contributed by atoms with Gasteiger partial charge in [0.25, 0.3) is 0 Å². The van der Waals surface area contributed by atoms with E-state index in [1.54, 1.807) is 15.8 Å². The quantitative estimate of drug-likeness (QED) is 0.764. The first-order chi connectivity index (χ1) is 10.7. The van der Waals surface area contributed by atoms with Crippen molar-refractivity contribution in [2.75, 3.05) is 20.3 Å². The van der Waals surface area contributed by atoms with Crippen molar-refractivity contribution in [3.8, 4) is 0 Å². The Morgan fingerprint density at radius 1 is 1.36 bits per heavy atom. The van der Waals surface area contributed by atoms with Crippen molar-refractivity contribution < 1.29 is 9.53 Å². The number of hydrogen-bond acceptors (Lipinski definition) is 6. The highest BCUT2D eigenvalue weighted by Crippen LogP contribution is 2.16. The molecule has 9 heteroatoms. The largest absolute Gasteiger partial charge is 0.375 e. The van der Waals surface area contributed by atoms with Gasteiger partial charge in [0.1, 0.15) is 12.3 Å². The summed E-state index contributed by atoms with van der Waals surface area (Å²) in [5.41, 5.74) is 2.74. The number of carbonyl (C=O) groups is 1. The second-order valence-electron chi connectivity index (χ2n) is 5.34. The molecule has 0 unspecified atom stereocenters. The molecule has 1 aliphatic rings. The minimum Gasteiger partial charge on any atom is -0.375 e. The van der Waals surface area contributed by atoms with Crippen LogP contribution in [0.5, 0.6) is 0 Å². The monoisotopic (exact) mass is 305 g/mol. The Labute approximate surface area is 127 Å². The predicted molar refractivity (Wildman–Crippen MR) is 75.8 cm³/mol. The molecule has 0 aromatic carbocycles. The molecule has 2 aromatic heterocycles. The van der Waals surface area contributed by atoms with Gasteiger partial charge in [0, 0.05) is 20.2 Å². The van der Waals surface area contributed by atoms with Crippen LogP contribution < -0.4 is 0 Å². The average molecular weight is 305 g/mol. The molecule has 9 nitrogen and oxygen atoms in total. The van der Waals surface area contributed by atoms with Gasteiger partial charge in [-0.2, -0.15) is 0 Å². The summed E-state index contributed by atoms with van der Waals surface area (Å²) in [7, 11) is 1.53. The van der Waals surface area contributed by atoms with Crippen molar-refractivity contribution in [3.63, 3.8) is 0 Å². The Balaban J connectivity index is 1.83. The zero-order valence-corrected chi connectivity index (χ0v) is 12.8. The van der Waals surface area contributed by atoms with Crippen LogP contribution in [0, 0.1) is 6.92 Å². The minimum atomic E-state index is -0.0139. The Kier molecular flexibility index (Phi) is 4.14. The van der Waals surface area contributed by atoms with E-state index in [1.807, 2.05) is 11.6 Å². The van der Waals surface area contributed by atoms with E-state index in [0.29, 0.717) is 19.6 Å². The van der Waals surface area contributed by atoms with Gasteiger partial charge < -0.3 is 9.64 Å².